The Bertz CT molecular complexity index is 465. The second kappa shape index (κ2) is 4.04. The van der Waals surface area contributed by atoms with E-state index < -0.39 is 6.10 Å². The number of aliphatic hydroxyl groups is 1. The van der Waals surface area contributed by atoms with Gasteiger partial charge in [-0.25, -0.2) is 4.98 Å². The van der Waals surface area contributed by atoms with E-state index in [0.717, 1.165) is 11.3 Å². The Morgan fingerprint density at radius 2 is 2.27 bits per heavy atom. The van der Waals surface area contributed by atoms with E-state index in [2.05, 4.69) is 9.97 Å². The molecule has 0 aliphatic rings. The van der Waals surface area contributed by atoms with Gasteiger partial charge in [-0.3, -0.25) is 0 Å². The minimum absolute atomic E-state index is 0.560. The number of nitrogens with one attached hydrogen (secondary N) is 1. The molecule has 1 heterocycles. The van der Waals surface area contributed by atoms with E-state index >= 15 is 0 Å². The molecule has 15 heavy (non-hydrogen) atoms. The Labute approximate surface area is 92.7 Å². The van der Waals surface area contributed by atoms with E-state index in [-0.39, 0.29) is 0 Å². The molecule has 0 aliphatic carbocycles. The van der Waals surface area contributed by atoms with Crippen LogP contribution in [0.3, 0.4) is 0 Å². The zero-order valence-electron chi connectivity index (χ0n) is 8.24. The second-order valence-electron chi connectivity index (χ2n) is 3.37. The van der Waals surface area contributed by atoms with Crippen molar-refractivity contribution >= 4 is 11.6 Å². The average Bonchev–Trinajstić information content (AvgIpc) is 2.66. The van der Waals surface area contributed by atoms with Crippen molar-refractivity contribution in [2.24, 2.45) is 0 Å². The molecule has 1 atom stereocenters. The van der Waals surface area contributed by atoms with E-state index in [0.29, 0.717) is 10.8 Å². The lowest BCUT2D eigenvalue weighted by Crippen LogP contribution is -1.92. The number of imidazole rings is 1. The third-order valence-electron chi connectivity index (χ3n) is 2.13. The number of nitrogens with zero attached hydrogens (tertiary/aromatic N) is 1. The fourth-order valence-corrected chi connectivity index (χ4v) is 1.54. The molecule has 0 saturated carbocycles. The standard InChI is InChI=1S/C11H11ClN2O/c1-7(15)11-13-6-10(14-11)8-3-2-4-9(12)5-8/h2-7,15H,1H3,(H,13,14). The van der Waals surface area contributed by atoms with Gasteiger partial charge in [0, 0.05) is 10.6 Å². The number of aromatic amines is 1. The third-order valence-corrected chi connectivity index (χ3v) is 2.36. The average molecular weight is 223 g/mol. The van der Waals surface area contributed by atoms with E-state index in [1.165, 1.54) is 0 Å². The van der Waals surface area contributed by atoms with Gasteiger partial charge < -0.3 is 10.1 Å². The Hall–Kier alpha value is -1.32. The van der Waals surface area contributed by atoms with Gasteiger partial charge in [-0.1, -0.05) is 23.7 Å². The van der Waals surface area contributed by atoms with Crippen LogP contribution in [0.2, 0.25) is 5.02 Å². The molecule has 0 aliphatic heterocycles. The fraction of sp³-hybridized carbons (Fsp3) is 0.182. The molecule has 1 aromatic heterocycles. The molecule has 0 saturated heterocycles. The summed E-state index contributed by atoms with van der Waals surface area (Å²) in [6.07, 6.45) is 1.10. The highest BCUT2D eigenvalue weighted by Crippen LogP contribution is 2.22. The van der Waals surface area contributed by atoms with Crippen LogP contribution in [-0.2, 0) is 0 Å². The van der Waals surface area contributed by atoms with Gasteiger partial charge in [0.1, 0.15) is 11.9 Å². The molecule has 78 valence electrons. The fourth-order valence-electron chi connectivity index (χ4n) is 1.35. The summed E-state index contributed by atoms with van der Waals surface area (Å²) in [5, 5.41) is 10.00. The quantitative estimate of drug-likeness (QED) is 0.821. The Morgan fingerprint density at radius 1 is 1.47 bits per heavy atom. The van der Waals surface area contributed by atoms with Crippen molar-refractivity contribution in [2.45, 2.75) is 13.0 Å². The molecule has 0 radical (unpaired) electrons. The molecule has 2 N–H and O–H groups in total. The van der Waals surface area contributed by atoms with Crippen molar-refractivity contribution in [3.05, 3.63) is 41.3 Å². The zero-order chi connectivity index (χ0) is 10.8. The summed E-state index contributed by atoms with van der Waals surface area (Å²) in [5.41, 5.74) is 1.82. The Balaban J connectivity index is 2.37. The van der Waals surface area contributed by atoms with Crippen molar-refractivity contribution in [1.29, 1.82) is 0 Å². The molecule has 4 heteroatoms. The highest BCUT2D eigenvalue weighted by Gasteiger charge is 2.07. The molecule has 0 amide bonds. The molecule has 0 bridgehead atoms. The highest BCUT2D eigenvalue weighted by atomic mass is 35.5. The normalized spacial score (nSPS) is 12.7. The first-order valence-corrected chi connectivity index (χ1v) is 5.03. The van der Waals surface area contributed by atoms with Crippen molar-refractivity contribution in [2.75, 3.05) is 0 Å². The van der Waals surface area contributed by atoms with Crippen LogP contribution in [0.5, 0.6) is 0 Å². The number of hydrogen-bond acceptors (Lipinski definition) is 2. The van der Waals surface area contributed by atoms with E-state index in [9.17, 15) is 5.11 Å². The van der Waals surface area contributed by atoms with Crippen LogP contribution in [0.15, 0.2) is 30.5 Å². The lowest BCUT2D eigenvalue weighted by molar-refractivity contribution is 0.190. The van der Waals surface area contributed by atoms with Crippen molar-refractivity contribution in [3.8, 4) is 11.3 Å². The summed E-state index contributed by atoms with van der Waals surface area (Å²) in [6.45, 7) is 1.67. The van der Waals surface area contributed by atoms with Gasteiger partial charge >= 0.3 is 0 Å². The van der Waals surface area contributed by atoms with E-state index in [1.807, 2.05) is 24.3 Å². The zero-order valence-corrected chi connectivity index (χ0v) is 8.99. The number of rotatable bonds is 2. The first kappa shape index (κ1) is 10.2. The van der Waals surface area contributed by atoms with Crippen LogP contribution < -0.4 is 0 Å². The maximum absolute atomic E-state index is 9.32. The van der Waals surface area contributed by atoms with Crippen molar-refractivity contribution in [1.82, 2.24) is 9.97 Å². The maximum atomic E-state index is 9.32. The van der Waals surface area contributed by atoms with Gasteiger partial charge in [0.2, 0.25) is 0 Å². The molecule has 3 nitrogen and oxygen atoms in total. The SMILES string of the molecule is CC(O)c1ncc(-c2cccc(Cl)c2)[nH]1. The second-order valence-corrected chi connectivity index (χ2v) is 3.80. The van der Waals surface area contributed by atoms with Gasteiger partial charge in [0.15, 0.2) is 0 Å². The van der Waals surface area contributed by atoms with Crippen molar-refractivity contribution < 1.29 is 5.11 Å². The van der Waals surface area contributed by atoms with Gasteiger partial charge in [0.05, 0.1) is 11.9 Å². The molecule has 2 aromatic rings. The maximum Gasteiger partial charge on any atom is 0.135 e. The number of halogens is 1. The number of aliphatic hydroxyl groups excluding tert-OH is 1. The minimum atomic E-state index is -0.585. The summed E-state index contributed by atoms with van der Waals surface area (Å²) in [7, 11) is 0. The summed E-state index contributed by atoms with van der Waals surface area (Å²) in [5.74, 6) is 0.560. The summed E-state index contributed by atoms with van der Waals surface area (Å²) < 4.78 is 0. The van der Waals surface area contributed by atoms with Gasteiger partial charge in [-0.15, -0.1) is 0 Å². The molecule has 0 spiro atoms. The van der Waals surface area contributed by atoms with Gasteiger partial charge in [-0.2, -0.15) is 0 Å². The van der Waals surface area contributed by atoms with E-state index in [1.54, 1.807) is 13.1 Å². The van der Waals surface area contributed by atoms with Crippen LogP contribution in [0.25, 0.3) is 11.3 Å². The predicted molar refractivity (Wildman–Crippen MR) is 59.7 cm³/mol. The van der Waals surface area contributed by atoms with Crippen LogP contribution in [0, 0.1) is 0 Å². The molecule has 1 aromatic carbocycles. The van der Waals surface area contributed by atoms with Crippen LogP contribution in [0.1, 0.15) is 18.9 Å². The number of hydrogen-bond donors (Lipinski definition) is 2. The Morgan fingerprint density at radius 3 is 2.87 bits per heavy atom. The minimum Gasteiger partial charge on any atom is -0.385 e. The first-order chi connectivity index (χ1) is 7.16. The van der Waals surface area contributed by atoms with Crippen LogP contribution >= 0.6 is 11.6 Å². The predicted octanol–water partition coefficient (Wildman–Crippen LogP) is 2.78. The molecular weight excluding hydrogens is 212 g/mol. The van der Waals surface area contributed by atoms with E-state index in [4.69, 9.17) is 11.6 Å². The number of benzene rings is 1. The highest BCUT2D eigenvalue weighted by molar-refractivity contribution is 6.30. The summed E-state index contributed by atoms with van der Waals surface area (Å²) in [4.78, 5) is 7.11. The largest absolute Gasteiger partial charge is 0.385 e. The van der Waals surface area contributed by atoms with Crippen LogP contribution in [-0.4, -0.2) is 15.1 Å². The van der Waals surface area contributed by atoms with Gasteiger partial charge in [-0.05, 0) is 19.1 Å². The van der Waals surface area contributed by atoms with Gasteiger partial charge in [0.25, 0.3) is 0 Å². The molecular formula is C11H11ClN2O. The molecule has 1 unspecified atom stereocenters. The van der Waals surface area contributed by atoms with Crippen LogP contribution in [0.4, 0.5) is 0 Å². The summed E-state index contributed by atoms with van der Waals surface area (Å²) >= 11 is 5.88. The summed E-state index contributed by atoms with van der Waals surface area (Å²) in [6, 6.07) is 7.48. The lowest BCUT2D eigenvalue weighted by Gasteiger charge is -1.99. The first-order valence-electron chi connectivity index (χ1n) is 4.66. The monoisotopic (exact) mass is 222 g/mol. The molecule has 0 fully saturated rings. The number of aromatic nitrogens is 2. The third kappa shape index (κ3) is 2.19. The smallest absolute Gasteiger partial charge is 0.135 e. The lowest BCUT2D eigenvalue weighted by atomic mass is 10.2. The topological polar surface area (TPSA) is 48.9 Å². The van der Waals surface area contributed by atoms with Crippen molar-refractivity contribution in [3.63, 3.8) is 0 Å². The number of H-pyrrole nitrogens is 1. The Kier molecular flexibility index (Phi) is 2.75. The molecule has 2 rings (SSSR count).